The molecule has 20 heavy (non-hydrogen) atoms. The molecule has 1 rings (SSSR count). The highest BCUT2D eigenvalue weighted by Crippen LogP contribution is 2.18. The van der Waals surface area contributed by atoms with Crippen molar-refractivity contribution >= 4 is 0 Å². The zero-order valence-corrected chi connectivity index (χ0v) is 13.8. The van der Waals surface area contributed by atoms with Gasteiger partial charge in [-0.15, -0.1) is 0 Å². The van der Waals surface area contributed by atoms with E-state index < -0.39 is 0 Å². The third-order valence-electron chi connectivity index (χ3n) is 2.73. The normalized spacial score (nSPS) is 22.9. The van der Waals surface area contributed by atoms with Gasteiger partial charge in [0, 0.05) is 28.4 Å². The molecule has 6 heteroatoms. The molecular formula is C14H33NO5. The lowest BCUT2D eigenvalue weighted by Crippen LogP contribution is -2.34. The summed E-state index contributed by atoms with van der Waals surface area (Å²) in [6.45, 7) is 5.62. The van der Waals surface area contributed by atoms with Crippen LogP contribution in [0.4, 0.5) is 0 Å². The maximum absolute atomic E-state index is 7.00. The van der Waals surface area contributed by atoms with Gasteiger partial charge in [-0.3, -0.25) is 5.32 Å². The molecule has 0 aromatic carbocycles. The minimum Gasteiger partial charge on any atom is -0.400 e. The van der Waals surface area contributed by atoms with Crippen molar-refractivity contribution in [3.63, 3.8) is 0 Å². The topological polar surface area (TPSA) is 69.2 Å². The molecular weight excluding hydrogens is 262 g/mol. The Kier molecular flexibility index (Phi) is 18.5. The first-order valence-electron chi connectivity index (χ1n) is 7.05. The van der Waals surface area contributed by atoms with Crippen LogP contribution in [0.1, 0.15) is 33.1 Å². The maximum Gasteiger partial charge on any atom is 0.157 e. The largest absolute Gasteiger partial charge is 0.400 e. The van der Waals surface area contributed by atoms with E-state index in [1.54, 1.807) is 21.3 Å². The highest BCUT2D eigenvalue weighted by Gasteiger charge is 2.17. The van der Waals surface area contributed by atoms with Crippen molar-refractivity contribution in [1.82, 2.24) is 5.32 Å². The predicted octanol–water partition coefficient (Wildman–Crippen LogP) is 1.37. The van der Waals surface area contributed by atoms with Crippen molar-refractivity contribution in [2.45, 2.75) is 51.7 Å². The van der Waals surface area contributed by atoms with E-state index in [1.807, 2.05) is 6.92 Å². The molecule has 1 aliphatic rings. The second-order valence-corrected chi connectivity index (χ2v) is 4.28. The summed E-state index contributed by atoms with van der Waals surface area (Å²) >= 11 is 0. The molecule has 0 saturated carbocycles. The van der Waals surface area contributed by atoms with Crippen LogP contribution in [0.2, 0.25) is 0 Å². The summed E-state index contributed by atoms with van der Waals surface area (Å²) in [6, 6.07) is 0. The summed E-state index contributed by atoms with van der Waals surface area (Å²) in [7, 11) is 6.01. The molecule has 0 radical (unpaired) electrons. The van der Waals surface area contributed by atoms with E-state index in [0.29, 0.717) is 12.7 Å². The van der Waals surface area contributed by atoms with Gasteiger partial charge in [-0.1, -0.05) is 6.92 Å². The SMILES string of the molecule is CCNC(COC)OC.CO.COC1CCCC(C)O1. The van der Waals surface area contributed by atoms with Crippen LogP contribution >= 0.6 is 0 Å². The number of rotatable bonds is 6. The van der Waals surface area contributed by atoms with Crippen LogP contribution in [0.3, 0.4) is 0 Å². The van der Waals surface area contributed by atoms with Crippen molar-refractivity contribution in [3.05, 3.63) is 0 Å². The van der Waals surface area contributed by atoms with Gasteiger partial charge in [0.25, 0.3) is 0 Å². The highest BCUT2D eigenvalue weighted by molar-refractivity contribution is 4.60. The van der Waals surface area contributed by atoms with Crippen molar-refractivity contribution in [2.75, 3.05) is 41.6 Å². The lowest BCUT2D eigenvalue weighted by atomic mass is 10.1. The van der Waals surface area contributed by atoms with E-state index in [4.69, 9.17) is 24.1 Å². The van der Waals surface area contributed by atoms with Gasteiger partial charge in [-0.25, -0.2) is 0 Å². The average Bonchev–Trinajstić information content (AvgIpc) is 2.49. The minimum atomic E-state index is 0.0417. The van der Waals surface area contributed by atoms with Crippen LogP contribution in [0.15, 0.2) is 0 Å². The molecule has 6 nitrogen and oxygen atoms in total. The van der Waals surface area contributed by atoms with Gasteiger partial charge in [0.1, 0.15) is 6.23 Å². The van der Waals surface area contributed by atoms with Crippen molar-refractivity contribution < 1.29 is 24.1 Å². The third kappa shape index (κ3) is 12.8. The summed E-state index contributed by atoms with van der Waals surface area (Å²) in [5.41, 5.74) is 0. The molecule has 3 unspecified atom stereocenters. The summed E-state index contributed by atoms with van der Waals surface area (Å²) in [5.74, 6) is 0. The third-order valence-corrected chi connectivity index (χ3v) is 2.73. The molecule has 0 aromatic heterocycles. The first kappa shape index (κ1) is 22.0. The van der Waals surface area contributed by atoms with Gasteiger partial charge < -0.3 is 24.1 Å². The number of hydrogen-bond donors (Lipinski definition) is 2. The first-order valence-corrected chi connectivity index (χ1v) is 7.05. The number of hydrogen-bond acceptors (Lipinski definition) is 6. The Morgan fingerprint density at radius 1 is 1.25 bits per heavy atom. The zero-order valence-electron chi connectivity index (χ0n) is 13.8. The van der Waals surface area contributed by atoms with Crippen molar-refractivity contribution in [1.29, 1.82) is 0 Å². The Labute approximate surface area is 123 Å². The second-order valence-electron chi connectivity index (χ2n) is 4.28. The quantitative estimate of drug-likeness (QED) is 0.721. The molecule has 0 aromatic rings. The minimum absolute atomic E-state index is 0.0417. The van der Waals surface area contributed by atoms with Crippen LogP contribution in [0, 0.1) is 0 Å². The summed E-state index contributed by atoms with van der Waals surface area (Å²) in [5, 5.41) is 10.1. The number of nitrogens with one attached hydrogen (secondary N) is 1. The lowest BCUT2D eigenvalue weighted by molar-refractivity contribution is -0.174. The molecule has 0 aliphatic carbocycles. The molecule has 3 atom stereocenters. The number of ether oxygens (including phenoxy) is 4. The van der Waals surface area contributed by atoms with Gasteiger partial charge >= 0.3 is 0 Å². The number of methoxy groups -OCH3 is 3. The van der Waals surface area contributed by atoms with Gasteiger partial charge in [0.2, 0.25) is 0 Å². The summed E-state index contributed by atoms with van der Waals surface area (Å²) in [4.78, 5) is 0. The van der Waals surface area contributed by atoms with Gasteiger partial charge in [-0.2, -0.15) is 0 Å². The Balaban J connectivity index is 0. The van der Waals surface area contributed by atoms with E-state index in [0.717, 1.165) is 20.1 Å². The average molecular weight is 295 g/mol. The number of likely N-dealkylation sites (N-methyl/N-ethyl adjacent to an activating group) is 1. The van der Waals surface area contributed by atoms with E-state index in [9.17, 15) is 0 Å². The van der Waals surface area contributed by atoms with Crippen LogP contribution in [-0.2, 0) is 18.9 Å². The second kappa shape index (κ2) is 16.8. The molecule has 1 aliphatic heterocycles. The Morgan fingerprint density at radius 3 is 2.25 bits per heavy atom. The molecule has 124 valence electrons. The molecule has 0 spiro atoms. The molecule has 2 N–H and O–H groups in total. The van der Waals surface area contributed by atoms with Crippen LogP contribution in [0.5, 0.6) is 0 Å². The fourth-order valence-corrected chi connectivity index (χ4v) is 1.73. The van der Waals surface area contributed by atoms with Crippen molar-refractivity contribution in [2.24, 2.45) is 0 Å². The number of aliphatic hydroxyl groups is 1. The van der Waals surface area contributed by atoms with E-state index in [2.05, 4.69) is 12.2 Å². The highest BCUT2D eigenvalue weighted by atomic mass is 16.7. The fraction of sp³-hybridized carbons (Fsp3) is 1.00. The Hall–Kier alpha value is -0.240. The molecule has 1 fully saturated rings. The van der Waals surface area contributed by atoms with E-state index in [1.165, 1.54) is 12.8 Å². The zero-order chi connectivity index (χ0) is 15.8. The van der Waals surface area contributed by atoms with Gasteiger partial charge in [-0.05, 0) is 32.7 Å². The molecule has 1 saturated heterocycles. The van der Waals surface area contributed by atoms with Crippen LogP contribution in [-0.4, -0.2) is 65.3 Å². The Morgan fingerprint density at radius 2 is 1.90 bits per heavy atom. The van der Waals surface area contributed by atoms with Crippen LogP contribution < -0.4 is 5.32 Å². The standard InChI is InChI=1S/C7H14O2.C6H15NO2.CH4O/c1-6-4-3-5-7(8-2)9-6;1-4-7-6(9-3)5-8-2;1-2/h6-7H,3-5H2,1-2H3;6-7H,4-5H2,1-3H3;2H,1H3. The predicted molar refractivity (Wildman–Crippen MR) is 79.7 cm³/mol. The van der Waals surface area contributed by atoms with Crippen molar-refractivity contribution in [3.8, 4) is 0 Å². The molecule has 0 bridgehead atoms. The molecule has 1 heterocycles. The van der Waals surface area contributed by atoms with E-state index >= 15 is 0 Å². The fourth-order valence-electron chi connectivity index (χ4n) is 1.73. The lowest BCUT2D eigenvalue weighted by Gasteiger charge is -2.26. The Bertz CT molecular complexity index is 172. The first-order chi connectivity index (χ1) is 9.67. The van der Waals surface area contributed by atoms with E-state index in [-0.39, 0.29) is 12.5 Å². The molecule has 0 amide bonds. The van der Waals surface area contributed by atoms with Gasteiger partial charge in [0.05, 0.1) is 12.7 Å². The monoisotopic (exact) mass is 295 g/mol. The summed E-state index contributed by atoms with van der Waals surface area (Å²) < 4.78 is 20.3. The summed E-state index contributed by atoms with van der Waals surface area (Å²) in [6.07, 6.45) is 3.97. The van der Waals surface area contributed by atoms with Gasteiger partial charge in [0.15, 0.2) is 6.29 Å². The maximum atomic E-state index is 7.00. The smallest absolute Gasteiger partial charge is 0.157 e. The van der Waals surface area contributed by atoms with Crippen LogP contribution in [0.25, 0.3) is 0 Å². The number of aliphatic hydroxyl groups excluding tert-OH is 1.